The van der Waals surface area contributed by atoms with Crippen LogP contribution in [0.15, 0.2) is 52.9 Å². The normalized spacial score (nSPS) is 10.6. The van der Waals surface area contributed by atoms with Crippen LogP contribution in [-0.4, -0.2) is 4.98 Å². The second-order valence-corrected chi connectivity index (χ2v) is 3.78. The van der Waals surface area contributed by atoms with E-state index in [0.29, 0.717) is 5.89 Å². The van der Waals surface area contributed by atoms with Crippen LogP contribution in [0.5, 0.6) is 11.5 Å². The third-order valence-electron chi connectivity index (χ3n) is 2.44. The molecule has 0 aliphatic heterocycles. The zero-order valence-corrected chi connectivity index (χ0v) is 9.38. The molecule has 1 aromatic heterocycles. The van der Waals surface area contributed by atoms with E-state index in [4.69, 9.17) is 9.15 Å². The van der Waals surface area contributed by atoms with Crippen LogP contribution >= 0.6 is 0 Å². The number of ether oxygens (including phenoxy) is 1. The van der Waals surface area contributed by atoms with Gasteiger partial charge in [-0.2, -0.15) is 0 Å². The highest BCUT2D eigenvalue weighted by Gasteiger charge is 2.04. The summed E-state index contributed by atoms with van der Waals surface area (Å²) in [5, 5.41) is 0. The third-order valence-corrected chi connectivity index (χ3v) is 2.44. The molecule has 2 aromatic carbocycles. The third kappa shape index (κ3) is 1.99. The molecule has 0 atom stereocenters. The maximum absolute atomic E-state index is 5.71. The van der Waals surface area contributed by atoms with E-state index < -0.39 is 0 Å². The summed E-state index contributed by atoms with van der Waals surface area (Å²) in [4.78, 5) is 4.27. The number of nitrogens with zero attached hydrogens (tertiary/aromatic N) is 1. The van der Waals surface area contributed by atoms with Crippen molar-refractivity contribution < 1.29 is 9.15 Å². The maximum atomic E-state index is 5.71. The van der Waals surface area contributed by atoms with Crippen molar-refractivity contribution in [2.75, 3.05) is 0 Å². The topological polar surface area (TPSA) is 35.3 Å². The largest absolute Gasteiger partial charge is 0.457 e. The molecule has 3 aromatic rings. The minimum atomic E-state index is 0.664. The molecule has 0 unspecified atom stereocenters. The highest BCUT2D eigenvalue weighted by molar-refractivity contribution is 5.74. The fourth-order valence-corrected chi connectivity index (χ4v) is 1.71. The highest BCUT2D eigenvalue weighted by Crippen LogP contribution is 2.25. The van der Waals surface area contributed by atoms with Crippen LogP contribution < -0.4 is 4.74 Å². The Morgan fingerprint density at radius 3 is 2.65 bits per heavy atom. The van der Waals surface area contributed by atoms with Crippen molar-refractivity contribution in [2.45, 2.75) is 6.92 Å². The molecule has 1 heterocycles. The van der Waals surface area contributed by atoms with E-state index in [1.54, 1.807) is 0 Å². The van der Waals surface area contributed by atoms with Gasteiger partial charge in [0.05, 0.1) is 0 Å². The molecule has 3 nitrogen and oxygen atoms in total. The lowest BCUT2D eigenvalue weighted by molar-refractivity contribution is 0.483. The van der Waals surface area contributed by atoms with Crippen molar-refractivity contribution in [1.82, 2.24) is 4.98 Å². The van der Waals surface area contributed by atoms with E-state index in [9.17, 15) is 0 Å². The van der Waals surface area contributed by atoms with Gasteiger partial charge in [-0.15, -0.1) is 0 Å². The van der Waals surface area contributed by atoms with Crippen molar-refractivity contribution in [3.63, 3.8) is 0 Å². The van der Waals surface area contributed by atoms with Gasteiger partial charge in [0.2, 0.25) is 0 Å². The second kappa shape index (κ2) is 3.94. The Hall–Kier alpha value is -2.29. The number of aryl methyl sites for hydroxylation is 1. The van der Waals surface area contributed by atoms with E-state index in [0.717, 1.165) is 22.6 Å². The van der Waals surface area contributed by atoms with Gasteiger partial charge in [0.25, 0.3) is 0 Å². The monoisotopic (exact) mass is 225 g/mol. The molecule has 0 saturated carbocycles. The number of hydrogen-bond acceptors (Lipinski definition) is 3. The van der Waals surface area contributed by atoms with Crippen LogP contribution in [0.1, 0.15) is 5.89 Å². The van der Waals surface area contributed by atoms with E-state index in [1.807, 2.05) is 55.5 Å². The van der Waals surface area contributed by atoms with E-state index >= 15 is 0 Å². The van der Waals surface area contributed by atoms with E-state index in [-0.39, 0.29) is 0 Å². The maximum Gasteiger partial charge on any atom is 0.192 e. The molecule has 17 heavy (non-hydrogen) atoms. The molecule has 0 aliphatic rings. The lowest BCUT2D eigenvalue weighted by Gasteiger charge is -2.04. The van der Waals surface area contributed by atoms with Gasteiger partial charge in [-0.05, 0) is 24.3 Å². The number of hydrogen-bond donors (Lipinski definition) is 0. The average Bonchev–Trinajstić information content (AvgIpc) is 2.70. The number of aromatic nitrogens is 1. The van der Waals surface area contributed by atoms with Crippen LogP contribution in [0.3, 0.4) is 0 Å². The Morgan fingerprint density at radius 1 is 1.00 bits per heavy atom. The Labute approximate surface area is 98.7 Å². The van der Waals surface area contributed by atoms with Crippen LogP contribution in [0, 0.1) is 6.92 Å². The minimum Gasteiger partial charge on any atom is -0.457 e. The van der Waals surface area contributed by atoms with Gasteiger partial charge in [-0.1, -0.05) is 18.2 Å². The number of oxazole rings is 1. The van der Waals surface area contributed by atoms with Gasteiger partial charge in [0.15, 0.2) is 11.5 Å². The number of para-hydroxylation sites is 1. The first-order valence-corrected chi connectivity index (χ1v) is 5.41. The first-order chi connectivity index (χ1) is 8.31. The molecule has 84 valence electrons. The quantitative estimate of drug-likeness (QED) is 0.662. The van der Waals surface area contributed by atoms with Crippen molar-refractivity contribution in [3.8, 4) is 11.5 Å². The standard InChI is InChI=1S/C14H11NO2/c1-10-15-13-9-12(7-8-14(13)16-10)17-11-5-3-2-4-6-11/h2-9H,1H3. The summed E-state index contributed by atoms with van der Waals surface area (Å²) in [6, 6.07) is 15.3. The van der Waals surface area contributed by atoms with Gasteiger partial charge in [-0.3, -0.25) is 0 Å². The predicted molar refractivity (Wildman–Crippen MR) is 65.3 cm³/mol. The fourth-order valence-electron chi connectivity index (χ4n) is 1.71. The lowest BCUT2D eigenvalue weighted by Crippen LogP contribution is -1.83. The van der Waals surface area contributed by atoms with Crippen molar-refractivity contribution >= 4 is 11.1 Å². The van der Waals surface area contributed by atoms with Gasteiger partial charge in [0.1, 0.15) is 17.0 Å². The Morgan fingerprint density at radius 2 is 1.82 bits per heavy atom. The van der Waals surface area contributed by atoms with Crippen molar-refractivity contribution in [3.05, 3.63) is 54.4 Å². The molecule has 0 N–H and O–H groups in total. The number of fused-ring (bicyclic) bond motifs is 1. The molecular weight excluding hydrogens is 214 g/mol. The molecule has 0 aliphatic carbocycles. The summed E-state index contributed by atoms with van der Waals surface area (Å²) in [7, 11) is 0. The summed E-state index contributed by atoms with van der Waals surface area (Å²) >= 11 is 0. The minimum absolute atomic E-state index is 0.664. The number of rotatable bonds is 2. The molecular formula is C14H11NO2. The summed E-state index contributed by atoms with van der Waals surface area (Å²) in [5.41, 5.74) is 1.60. The Bertz CT molecular complexity index is 644. The molecule has 3 heteroatoms. The van der Waals surface area contributed by atoms with Crippen LogP contribution in [0.2, 0.25) is 0 Å². The van der Waals surface area contributed by atoms with Crippen LogP contribution in [0.4, 0.5) is 0 Å². The molecule has 0 fully saturated rings. The fraction of sp³-hybridized carbons (Fsp3) is 0.0714. The highest BCUT2D eigenvalue weighted by atomic mass is 16.5. The van der Waals surface area contributed by atoms with Crippen molar-refractivity contribution in [2.24, 2.45) is 0 Å². The molecule has 0 amide bonds. The Kier molecular flexibility index (Phi) is 2.29. The first-order valence-electron chi connectivity index (χ1n) is 5.41. The molecule has 0 saturated heterocycles. The predicted octanol–water partition coefficient (Wildman–Crippen LogP) is 3.93. The summed E-state index contributed by atoms with van der Waals surface area (Å²) in [6.07, 6.45) is 0. The lowest BCUT2D eigenvalue weighted by atomic mass is 10.3. The Balaban J connectivity index is 1.95. The zero-order chi connectivity index (χ0) is 11.7. The molecule has 0 bridgehead atoms. The number of benzene rings is 2. The van der Waals surface area contributed by atoms with Crippen LogP contribution in [-0.2, 0) is 0 Å². The van der Waals surface area contributed by atoms with E-state index in [1.165, 1.54) is 0 Å². The van der Waals surface area contributed by atoms with Gasteiger partial charge >= 0.3 is 0 Å². The van der Waals surface area contributed by atoms with Crippen LogP contribution in [0.25, 0.3) is 11.1 Å². The summed E-state index contributed by atoms with van der Waals surface area (Å²) in [5.74, 6) is 2.24. The molecule has 3 rings (SSSR count). The average molecular weight is 225 g/mol. The smallest absolute Gasteiger partial charge is 0.192 e. The summed E-state index contributed by atoms with van der Waals surface area (Å²) < 4.78 is 11.1. The zero-order valence-electron chi connectivity index (χ0n) is 9.38. The van der Waals surface area contributed by atoms with Gasteiger partial charge in [-0.25, -0.2) is 4.98 Å². The summed E-state index contributed by atoms with van der Waals surface area (Å²) in [6.45, 7) is 1.83. The van der Waals surface area contributed by atoms with Crippen molar-refractivity contribution in [1.29, 1.82) is 0 Å². The van der Waals surface area contributed by atoms with Gasteiger partial charge in [0, 0.05) is 13.0 Å². The SMILES string of the molecule is Cc1nc2cc(Oc3ccccc3)ccc2o1. The van der Waals surface area contributed by atoms with E-state index in [2.05, 4.69) is 4.98 Å². The molecule has 0 radical (unpaired) electrons. The van der Waals surface area contributed by atoms with Gasteiger partial charge < -0.3 is 9.15 Å². The first kappa shape index (κ1) is 9.90. The second-order valence-electron chi connectivity index (χ2n) is 3.78. The molecule has 0 spiro atoms.